The second-order valence-corrected chi connectivity index (χ2v) is 5.27. The van der Waals surface area contributed by atoms with Crippen LogP contribution in [0.25, 0.3) is 10.9 Å². The van der Waals surface area contributed by atoms with Gasteiger partial charge < -0.3 is 14.6 Å². The van der Waals surface area contributed by atoms with Crippen LogP contribution in [0.1, 0.15) is 18.4 Å². The van der Waals surface area contributed by atoms with E-state index in [0.717, 1.165) is 17.9 Å². The molecule has 1 aliphatic heterocycles. The number of aryl methyl sites for hydroxylation is 1. The van der Waals surface area contributed by atoms with Crippen molar-refractivity contribution in [2.45, 2.75) is 25.8 Å². The number of nitrogens with one attached hydrogen (secondary N) is 1. The van der Waals surface area contributed by atoms with Crippen molar-refractivity contribution in [2.75, 3.05) is 20.2 Å². The molecule has 1 aromatic carbocycles. The lowest BCUT2D eigenvalue weighted by Gasteiger charge is -2.19. The van der Waals surface area contributed by atoms with Gasteiger partial charge in [0.05, 0.1) is 0 Å². The van der Waals surface area contributed by atoms with Crippen molar-refractivity contribution in [3.63, 3.8) is 0 Å². The van der Waals surface area contributed by atoms with Crippen molar-refractivity contribution in [1.29, 1.82) is 0 Å². The van der Waals surface area contributed by atoms with Gasteiger partial charge in [-0.05, 0) is 51.1 Å². The number of ether oxygens (including phenoxy) is 1. The minimum atomic E-state index is 0.575. The van der Waals surface area contributed by atoms with Gasteiger partial charge in [0.1, 0.15) is 12.4 Å². The molecule has 1 aliphatic rings. The minimum absolute atomic E-state index is 0.575. The molecule has 2 heterocycles. The molecule has 0 spiro atoms. The number of nitrogens with zero attached hydrogens (tertiary/aromatic N) is 1. The summed E-state index contributed by atoms with van der Waals surface area (Å²) in [6, 6.07) is 6.87. The number of likely N-dealkylation sites (tertiary alicyclic amines) is 1. The number of aromatic amines is 1. The predicted octanol–water partition coefficient (Wildman–Crippen LogP) is 2.95. The van der Waals surface area contributed by atoms with Crippen LogP contribution >= 0.6 is 0 Å². The molecule has 3 rings (SSSR count). The molecule has 1 atom stereocenters. The zero-order valence-electron chi connectivity index (χ0n) is 11.1. The zero-order chi connectivity index (χ0) is 12.5. The fraction of sp³-hybridized carbons (Fsp3) is 0.467. The molecule has 1 aromatic heterocycles. The molecule has 2 aromatic rings. The van der Waals surface area contributed by atoms with Gasteiger partial charge in [-0.2, -0.15) is 0 Å². The van der Waals surface area contributed by atoms with Crippen molar-refractivity contribution in [3.05, 3.63) is 30.0 Å². The first-order chi connectivity index (χ1) is 8.74. The summed E-state index contributed by atoms with van der Waals surface area (Å²) in [5.41, 5.74) is 2.44. The molecule has 1 fully saturated rings. The third kappa shape index (κ3) is 2.10. The molecule has 0 bridgehead atoms. The Labute approximate surface area is 108 Å². The standard InChI is InChI=1S/C15H20N2O/c1-11-9-16-15-8-13(5-6-14(11)15)18-10-12-4-3-7-17(12)2/h5-6,8-9,12,16H,3-4,7,10H2,1-2H3. The van der Waals surface area contributed by atoms with Crippen LogP contribution in [-0.2, 0) is 0 Å². The summed E-state index contributed by atoms with van der Waals surface area (Å²) in [5, 5.41) is 1.28. The summed E-state index contributed by atoms with van der Waals surface area (Å²) in [4.78, 5) is 5.66. The summed E-state index contributed by atoms with van der Waals surface area (Å²) < 4.78 is 5.92. The Morgan fingerprint density at radius 1 is 1.44 bits per heavy atom. The fourth-order valence-electron chi connectivity index (χ4n) is 2.72. The number of hydrogen-bond acceptors (Lipinski definition) is 2. The summed E-state index contributed by atoms with van der Waals surface area (Å²) in [7, 11) is 2.18. The summed E-state index contributed by atoms with van der Waals surface area (Å²) in [6.07, 6.45) is 4.58. The van der Waals surface area contributed by atoms with E-state index in [-0.39, 0.29) is 0 Å². The molecule has 0 saturated carbocycles. The highest BCUT2D eigenvalue weighted by molar-refractivity contribution is 5.84. The van der Waals surface area contributed by atoms with E-state index in [2.05, 4.69) is 42.1 Å². The van der Waals surface area contributed by atoms with E-state index in [1.807, 2.05) is 6.20 Å². The van der Waals surface area contributed by atoms with Crippen LogP contribution in [0.5, 0.6) is 5.75 Å². The summed E-state index contributed by atoms with van der Waals surface area (Å²) in [5.74, 6) is 0.963. The van der Waals surface area contributed by atoms with Crippen LogP contribution in [0.4, 0.5) is 0 Å². The van der Waals surface area contributed by atoms with Gasteiger partial charge in [0.25, 0.3) is 0 Å². The highest BCUT2D eigenvalue weighted by Gasteiger charge is 2.21. The summed E-state index contributed by atoms with van der Waals surface area (Å²) in [6.45, 7) is 4.11. The fourth-order valence-corrected chi connectivity index (χ4v) is 2.72. The normalized spacial score (nSPS) is 20.7. The molecule has 3 heteroatoms. The lowest BCUT2D eigenvalue weighted by molar-refractivity contribution is 0.198. The van der Waals surface area contributed by atoms with Gasteiger partial charge in [0, 0.05) is 29.2 Å². The second kappa shape index (κ2) is 4.65. The molecule has 0 amide bonds. The monoisotopic (exact) mass is 244 g/mol. The molecule has 0 radical (unpaired) electrons. The Morgan fingerprint density at radius 3 is 3.11 bits per heavy atom. The predicted molar refractivity (Wildman–Crippen MR) is 74.2 cm³/mol. The number of likely N-dealkylation sites (N-methyl/N-ethyl adjacent to an activating group) is 1. The number of H-pyrrole nitrogens is 1. The third-order valence-electron chi connectivity index (χ3n) is 3.97. The molecular weight excluding hydrogens is 224 g/mol. The van der Waals surface area contributed by atoms with Crippen LogP contribution in [0.2, 0.25) is 0 Å². The molecule has 18 heavy (non-hydrogen) atoms. The number of aromatic nitrogens is 1. The molecule has 96 valence electrons. The van der Waals surface area contributed by atoms with Gasteiger partial charge in [0.15, 0.2) is 0 Å². The van der Waals surface area contributed by atoms with Crippen LogP contribution < -0.4 is 4.74 Å². The first-order valence-electron chi connectivity index (χ1n) is 6.65. The van der Waals surface area contributed by atoms with Gasteiger partial charge in [0.2, 0.25) is 0 Å². The highest BCUT2D eigenvalue weighted by atomic mass is 16.5. The first-order valence-corrected chi connectivity index (χ1v) is 6.65. The van der Waals surface area contributed by atoms with E-state index >= 15 is 0 Å². The van der Waals surface area contributed by atoms with E-state index in [0.29, 0.717) is 6.04 Å². The van der Waals surface area contributed by atoms with E-state index in [1.54, 1.807) is 0 Å². The molecule has 0 aliphatic carbocycles. The largest absolute Gasteiger partial charge is 0.492 e. The van der Waals surface area contributed by atoms with E-state index in [1.165, 1.54) is 30.3 Å². The Kier molecular flexibility index (Phi) is 3.00. The lowest BCUT2D eigenvalue weighted by atomic mass is 10.2. The number of hydrogen-bond donors (Lipinski definition) is 1. The number of fused-ring (bicyclic) bond motifs is 1. The quantitative estimate of drug-likeness (QED) is 0.899. The first kappa shape index (κ1) is 11.6. The summed E-state index contributed by atoms with van der Waals surface area (Å²) >= 11 is 0. The maximum atomic E-state index is 5.92. The van der Waals surface area contributed by atoms with Crippen LogP contribution in [-0.4, -0.2) is 36.1 Å². The second-order valence-electron chi connectivity index (χ2n) is 5.27. The zero-order valence-corrected chi connectivity index (χ0v) is 11.1. The van der Waals surface area contributed by atoms with Crippen LogP contribution in [0.3, 0.4) is 0 Å². The van der Waals surface area contributed by atoms with Gasteiger partial charge in [-0.15, -0.1) is 0 Å². The van der Waals surface area contributed by atoms with Crippen molar-refractivity contribution in [2.24, 2.45) is 0 Å². The molecule has 1 unspecified atom stereocenters. The van der Waals surface area contributed by atoms with Gasteiger partial charge in [-0.3, -0.25) is 0 Å². The van der Waals surface area contributed by atoms with Crippen molar-refractivity contribution < 1.29 is 4.74 Å². The maximum Gasteiger partial charge on any atom is 0.121 e. The van der Waals surface area contributed by atoms with Crippen molar-refractivity contribution in [1.82, 2.24) is 9.88 Å². The highest BCUT2D eigenvalue weighted by Crippen LogP contribution is 2.23. The Morgan fingerprint density at radius 2 is 2.33 bits per heavy atom. The number of rotatable bonds is 3. The molecule has 1 saturated heterocycles. The van der Waals surface area contributed by atoms with Gasteiger partial charge >= 0.3 is 0 Å². The molecule has 3 nitrogen and oxygen atoms in total. The molecule has 1 N–H and O–H groups in total. The van der Waals surface area contributed by atoms with Crippen LogP contribution in [0.15, 0.2) is 24.4 Å². The van der Waals surface area contributed by atoms with Gasteiger partial charge in [-0.1, -0.05) is 0 Å². The Hall–Kier alpha value is -1.48. The topological polar surface area (TPSA) is 28.3 Å². The Balaban J connectivity index is 1.71. The maximum absolute atomic E-state index is 5.92. The minimum Gasteiger partial charge on any atom is -0.492 e. The van der Waals surface area contributed by atoms with Crippen LogP contribution in [0, 0.1) is 6.92 Å². The average Bonchev–Trinajstić information content (AvgIpc) is 2.94. The average molecular weight is 244 g/mol. The third-order valence-corrected chi connectivity index (χ3v) is 3.97. The van der Waals surface area contributed by atoms with E-state index < -0.39 is 0 Å². The van der Waals surface area contributed by atoms with Gasteiger partial charge in [-0.25, -0.2) is 0 Å². The SMILES string of the molecule is Cc1c[nH]c2cc(OCC3CCCN3C)ccc12. The van der Waals surface area contributed by atoms with E-state index in [9.17, 15) is 0 Å². The lowest BCUT2D eigenvalue weighted by Crippen LogP contribution is -2.30. The number of benzene rings is 1. The molecular formula is C15H20N2O. The van der Waals surface area contributed by atoms with Crippen molar-refractivity contribution in [3.8, 4) is 5.75 Å². The van der Waals surface area contributed by atoms with E-state index in [4.69, 9.17) is 4.74 Å². The van der Waals surface area contributed by atoms with Crippen molar-refractivity contribution >= 4 is 10.9 Å². The smallest absolute Gasteiger partial charge is 0.121 e. The Bertz CT molecular complexity index is 546.